The first-order valence-corrected chi connectivity index (χ1v) is 13.5. The number of carbonyl (C=O) groups excluding carboxylic acids is 2. The van der Waals surface area contributed by atoms with Gasteiger partial charge in [-0.1, -0.05) is 18.2 Å². The molecule has 1 atom stereocenters. The van der Waals surface area contributed by atoms with Gasteiger partial charge in [0, 0.05) is 44.6 Å². The van der Waals surface area contributed by atoms with Gasteiger partial charge in [0.1, 0.15) is 0 Å². The number of carbonyl (C=O) groups is 2. The molecule has 0 radical (unpaired) electrons. The molecule has 3 fully saturated rings. The molecule has 1 saturated carbocycles. The minimum atomic E-state index is -4.42. The molecule has 7 nitrogen and oxygen atoms in total. The van der Waals surface area contributed by atoms with Crippen LogP contribution < -0.4 is 5.73 Å². The Hall–Kier alpha value is -2.59. The summed E-state index contributed by atoms with van der Waals surface area (Å²) in [5, 5.41) is 4.67. The Labute approximate surface area is 233 Å². The van der Waals surface area contributed by atoms with Crippen LogP contribution in [0.2, 0.25) is 0 Å². The Morgan fingerprint density at radius 3 is 2.28 bits per heavy atom. The first kappa shape index (κ1) is 29.4. The molecule has 2 saturated heterocycles. The maximum Gasteiger partial charge on any atom is 0.416 e. The van der Waals surface area contributed by atoms with Gasteiger partial charge in [-0.25, -0.2) is 0 Å². The molecule has 39 heavy (non-hydrogen) atoms. The number of amides is 2. The molecule has 1 aromatic heterocycles. The number of nitrogens with two attached hydrogens (primary N) is 1. The molecule has 2 N–H and O–H groups in total. The zero-order valence-electron chi connectivity index (χ0n) is 22.4. The highest BCUT2D eigenvalue weighted by Gasteiger charge is 2.40. The van der Waals surface area contributed by atoms with Crippen LogP contribution in [0.15, 0.2) is 30.5 Å². The lowest BCUT2D eigenvalue weighted by Gasteiger charge is -2.36. The van der Waals surface area contributed by atoms with E-state index >= 15 is 0 Å². The first-order chi connectivity index (χ1) is 18.0. The topological polar surface area (TPSA) is 84.5 Å². The first-order valence-electron chi connectivity index (χ1n) is 13.5. The summed E-state index contributed by atoms with van der Waals surface area (Å²) in [6, 6.07) is 5.86. The average Bonchev–Trinajstić information content (AvgIpc) is 3.41. The Kier molecular flexibility index (Phi) is 8.38. The minimum Gasteiger partial charge on any atom is -0.369 e. The molecule has 214 valence electrons. The largest absolute Gasteiger partial charge is 0.416 e. The maximum absolute atomic E-state index is 13.6. The molecule has 11 heteroatoms. The van der Waals surface area contributed by atoms with E-state index < -0.39 is 17.2 Å². The highest BCUT2D eigenvalue weighted by atomic mass is 35.5. The fourth-order valence-electron chi connectivity index (χ4n) is 6.03. The van der Waals surface area contributed by atoms with Gasteiger partial charge >= 0.3 is 6.18 Å². The summed E-state index contributed by atoms with van der Waals surface area (Å²) in [5.41, 5.74) is 6.18. The van der Waals surface area contributed by atoms with Crippen LogP contribution in [0.1, 0.15) is 91.0 Å². The average molecular weight is 568 g/mol. The van der Waals surface area contributed by atoms with Gasteiger partial charge in [0.2, 0.25) is 5.91 Å². The summed E-state index contributed by atoms with van der Waals surface area (Å²) in [6.07, 6.45) is 1.51. The quantitative estimate of drug-likeness (QED) is 0.511. The van der Waals surface area contributed by atoms with Gasteiger partial charge in [0.05, 0.1) is 34.5 Å². The summed E-state index contributed by atoms with van der Waals surface area (Å²) in [6.45, 7) is 6.68. The van der Waals surface area contributed by atoms with E-state index in [9.17, 15) is 22.8 Å². The van der Waals surface area contributed by atoms with E-state index in [4.69, 9.17) is 5.73 Å². The predicted molar refractivity (Wildman–Crippen MR) is 144 cm³/mol. The number of hydrogen-bond acceptors (Lipinski definition) is 4. The standard InChI is InChI=1S/C28H36F3N5O2.ClH/c1-27(2,26(32)38)17-34-12-10-20(11-13-34)36-24(18-7-8-18)22(15-33-36)25(37)35-14-9-19(16-35)21-5-3-4-6-23(21)28(29,30)31;/h3-6,15,18-20H,7-14,16-17H2,1-2H3,(H2,32,38);1H/t19-;/m1./s1. The lowest BCUT2D eigenvalue weighted by Crippen LogP contribution is -2.45. The number of nitrogens with zero attached hydrogens (tertiary/aromatic N) is 4. The van der Waals surface area contributed by atoms with Crippen molar-refractivity contribution < 1.29 is 22.8 Å². The molecular formula is C28H37ClF3N5O2. The lowest BCUT2D eigenvalue weighted by atomic mass is 9.90. The van der Waals surface area contributed by atoms with Crippen LogP contribution in [0.25, 0.3) is 0 Å². The van der Waals surface area contributed by atoms with E-state index in [0.29, 0.717) is 31.0 Å². The van der Waals surface area contributed by atoms with Gasteiger partial charge < -0.3 is 15.5 Å². The van der Waals surface area contributed by atoms with Crippen molar-refractivity contribution in [2.45, 2.75) is 70.0 Å². The van der Waals surface area contributed by atoms with Crippen molar-refractivity contribution in [2.75, 3.05) is 32.7 Å². The van der Waals surface area contributed by atoms with Crippen LogP contribution in [0.3, 0.4) is 0 Å². The molecule has 0 bridgehead atoms. The van der Waals surface area contributed by atoms with Gasteiger partial charge in [-0.2, -0.15) is 18.3 Å². The van der Waals surface area contributed by atoms with Crippen molar-refractivity contribution in [1.82, 2.24) is 19.6 Å². The van der Waals surface area contributed by atoms with E-state index in [2.05, 4.69) is 10.00 Å². The monoisotopic (exact) mass is 567 g/mol. The molecule has 3 heterocycles. The molecule has 0 unspecified atom stereocenters. The minimum absolute atomic E-state index is 0. The Morgan fingerprint density at radius 1 is 1.00 bits per heavy atom. The number of benzene rings is 1. The fraction of sp³-hybridized carbons (Fsp3) is 0.607. The van der Waals surface area contributed by atoms with Crippen molar-refractivity contribution >= 4 is 24.2 Å². The normalized spacial score (nSPS) is 21.2. The van der Waals surface area contributed by atoms with Crippen LogP contribution >= 0.6 is 12.4 Å². The Balaban J connectivity index is 0.00000353. The molecule has 5 rings (SSSR count). The second kappa shape index (κ2) is 11.1. The smallest absolute Gasteiger partial charge is 0.369 e. The molecular weight excluding hydrogens is 531 g/mol. The fourth-order valence-corrected chi connectivity index (χ4v) is 6.03. The van der Waals surface area contributed by atoms with E-state index in [1.165, 1.54) is 12.1 Å². The number of primary amides is 1. The lowest BCUT2D eigenvalue weighted by molar-refractivity contribution is -0.138. The molecule has 2 amide bonds. The number of alkyl halides is 3. The van der Waals surface area contributed by atoms with Crippen LogP contribution in [0, 0.1) is 5.41 Å². The summed E-state index contributed by atoms with van der Waals surface area (Å²) < 4.78 is 42.8. The third-order valence-electron chi connectivity index (χ3n) is 8.40. The Bertz CT molecular complexity index is 1200. The third-order valence-corrected chi connectivity index (χ3v) is 8.40. The number of likely N-dealkylation sites (tertiary alicyclic amines) is 2. The molecule has 2 aromatic rings. The second-order valence-electron chi connectivity index (χ2n) is 11.7. The van der Waals surface area contributed by atoms with Crippen LogP contribution in [-0.4, -0.2) is 64.1 Å². The van der Waals surface area contributed by atoms with E-state index in [1.807, 2.05) is 18.5 Å². The number of piperidine rings is 1. The van der Waals surface area contributed by atoms with Crippen LogP contribution in [0.5, 0.6) is 0 Å². The van der Waals surface area contributed by atoms with Gasteiger partial charge in [-0.05, 0) is 57.6 Å². The second-order valence-corrected chi connectivity index (χ2v) is 11.7. The summed E-state index contributed by atoms with van der Waals surface area (Å²) in [5.74, 6) is -0.486. The summed E-state index contributed by atoms with van der Waals surface area (Å²) in [4.78, 5) is 29.3. The van der Waals surface area contributed by atoms with Crippen molar-refractivity contribution in [3.63, 3.8) is 0 Å². The highest BCUT2D eigenvalue weighted by Crippen LogP contribution is 2.44. The van der Waals surface area contributed by atoms with Crippen LogP contribution in [-0.2, 0) is 11.0 Å². The van der Waals surface area contributed by atoms with E-state index in [-0.39, 0.29) is 48.3 Å². The number of rotatable bonds is 7. The predicted octanol–water partition coefficient (Wildman–Crippen LogP) is 4.98. The van der Waals surface area contributed by atoms with E-state index in [0.717, 1.165) is 50.5 Å². The number of hydrogen-bond donors (Lipinski definition) is 1. The third kappa shape index (κ3) is 6.11. The van der Waals surface area contributed by atoms with E-state index in [1.54, 1.807) is 17.2 Å². The highest BCUT2D eigenvalue weighted by molar-refractivity contribution is 5.95. The molecule has 2 aliphatic heterocycles. The molecule has 0 spiro atoms. The zero-order chi connectivity index (χ0) is 27.2. The van der Waals surface area contributed by atoms with Crippen LogP contribution in [0.4, 0.5) is 13.2 Å². The maximum atomic E-state index is 13.6. The Morgan fingerprint density at radius 2 is 1.67 bits per heavy atom. The molecule has 3 aliphatic rings. The van der Waals surface area contributed by atoms with Crippen molar-refractivity contribution in [3.05, 3.63) is 52.8 Å². The summed E-state index contributed by atoms with van der Waals surface area (Å²) in [7, 11) is 0. The van der Waals surface area contributed by atoms with Crippen molar-refractivity contribution in [1.29, 1.82) is 0 Å². The van der Waals surface area contributed by atoms with Crippen molar-refractivity contribution in [3.8, 4) is 0 Å². The zero-order valence-corrected chi connectivity index (χ0v) is 23.2. The van der Waals surface area contributed by atoms with Crippen molar-refractivity contribution in [2.24, 2.45) is 11.1 Å². The molecule has 1 aromatic carbocycles. The van der Waals surface area contributed by atoms with Gasteiger partial charge in [0.25, 0.3) is 5.91 Å². The number of halogens is 4. The number of aromatic nitrogens is 2. The summed E-state index contributed by atoms with van der Waals surface area (Å²) >= 11 is 0. The molecule has 1 aliphatic carbocycles. The van der Waals surface area contributed by atoms with Gasteiger partial charge in [-0.15, -0.1) is 12.4 Å². The SMILES string of the molecule is CC(C)(CN1CCC(n2ncc(C(=O)N3CC[C@@H](c4ccccc4C(F)(F)F)C3)c2C2CC2)CC1)C(N)=O.Cl. The van der Waals surface area contributed by atoms with Gasteiger partial charge in [-0.3, -0.25) is 14.3 Å². The van der Waals surface area contributed by atoms with Gasteiger partial charge in [0.15, 0.2) is 0 Å².